The van der Waals surface area contributed by atoms with Crippen molar-refractivity contribution in [2.24, 2.45) is 0 Å². The molecule has 0 aliphatic heterocycles. The predicted octanol–water partition coefficient (Wildman–Crippen LogP) is 1.99. The Hall–Kier alpha value is -0.920. The first-order valence-electron chi connectivity index (χ1n) is 6.56. The van der Waals surface area contributed by atoms with Crippen LogP contribution in [0.5, 0.6) is 0 Å². The standard InChI is InChI=1S/C12H17N5S2/c1-2-11(1)17-12(14-15-16-17)19-8-6-13-5-3-10-4-7-18-9-10/h4,7,9,11,13H,1-3,5-6,8H2. The van der Waals surface area contributed by atoms with E-state index < -0.39 is 0 Å². The van der Waals surface area contributed by atoms with Gasteiger partial charge in [0.15, 0.2) is 0 Å². The summed E-state index contributed by atoms with van der Waals surface area (Å²) >= 11 is 3.50. The van der Waals surface area contributed by atoms with Gasteiger partial charge in [0.25, 0.3) is 0 Å². The highest BCUT2D eigenvalue weighted by Gasteiger charge is 2.27. The topological polar surface area (TPSA) is 55.6 Å². The normalized spacial score (nSPS) is 14.9. The van der Waals surface area contributed by atoms with Crippen molar-refractivity contribution in [3.8, 4) is 0 Å². The molecule has 0 saturated heterocycles. The Balaban J connectivity index is 1.31. The molecule has 1 saturated carbocycles. The SMILES string of the molecule is c1cc(CCNCCSc2nnnn2C2CC2)cs1. The zero-order valence-corrected chi connectivity index (χ0v) is 12.3. The third-order valence-corrected chi connectivity index (χ3v) is 4.70. The number of aromatic nitrogens is 4. The van der Waals surface area contributed by atoms with Gasteiger partial charge >= 0.3 is 0 Å². The summed E-state index contributed by atoms with van der Waals surface area (Å²) in [5.41, 5.74) is 1.42. The van der Waals surface area contributed by atoms with E-state index in [1.165, 1.54) is 18.4 Å². The van der Waals surface area contributed by atoms with Gasteiger partial charge in [-0.25, -0.2) is 4.68 Å². The maximum Gasteiger partial charge on any atom is 0.209 e. The van der Waals surface area contributed by atoms with E-state index in [2.05, 4.69) is 37.7 Å². The van der Waals surface area contributed by atoms with Crippen LogP contribution in [0.2, 0.25) is 0 Å². The third-order valence-electron chi connectivity index (χ3n) is 3.04. The van der Waals surface area contributed by atoms with Gasteiger partial charge in [-0.05, 0) is 58.6 Å². The average molecular weight is 295 g/mol. The number of thiophene rings is 1. The number of thioether (sulfide) groups is 1. The van der Waals surface area contributed by atoms with E-state index in [1.54, 1.807) is 23.1 Å². The highest BCUT2D eigenvalue weighted by Crippen LogP contribution is 2.36. The molecule has 0 amide bonds. The zero-order chi connectivity index (χ0) is 12.9. The van der Waals surface area contributed by atoms with Crippen molar-refractivity contribution >= 4 is 23.1 Å². The number of hydrogen-bond donors (Lipinski definition) is 1. The minimum Gasteiger partial charge on any atom is -0.316 e. The lowest BCUT2D eigenvalue weighted by Crippen LogP contribution is -2.20. The van der Waals surface area contributed by atoms with Crippen molar-refractivity contribution in [3.05, 3.63) is 22.4 Å². The molecule has 19 heavy (non-hydrogen) atoms. The second-order valence-corrected chi connectivity index (χ2v) is 6.46. The molecular formula is C12H17N5S2. The summed E-state index contributed by atoms with van der Waals surface area (Å²) in [4.78, 5) is 0. The van der Waals surface area contributed by atoms with Crippen LogP contribution < -0.4 is 5.32 Å². The molecule has 1 aliphatic carbocycles. The van der Waals surface area contributed by atoms with Crippen LogP contribution in [0.15, 0.2) is 22.0 Å². The van der Waals surface area contributed by atoms with Gasteiger partial charge in [0.1, 0.15) is 0 Å². The lowest BCUT2D eigenvalue weighted by atomic mass is 10.2. The first kappa shape index (κ1) is 13.1. The van der Waals surface area contributed by atoms with E-state index in [0.29, 0.717) is 6.04 Å². The zero-order valence-electron chi connectivity index (χ0n) is 10.7. The van der Waals surface area contributed by atoms with Gasteiger partial charge < -0.3 is 5.32 Å². The van der Waals surface area contributed by atoms with Crippen LogP contribution in [0.1, 0.15) is 24.4 Å². The van der Waals surface area contributed by atoms with Crippen molar-refractivity contribution < 1.29 is 0 Å². The fourth-order valence-electron chi connectivity index (χ4n) is 1.84. The molecule has 0 radical (unpaired) electrons. The molecule has 1 N–H and O–H groups in total. The first-order chi connectivity index (χ1) is 9.43. The smallest absolute Gasteiger partial charge is 0.209 e. The lowest BCUT2D eigenvalue weighted by molar-refractivity contribution is 0.565. The summed E-state index contributed by atoms with van der Waals surface area (Å²) in [6.45, 7) is 2.02. The monoisotopic (exact) mass is 295 g/mol. The van der Waals surface area contributed by atoms with E-state index in [1.807, 2.05) is 4.68 Å². The Morgan fingerprint density at radius 1 is 1.42 bits per heavy atom. The van der Waals surface area contributed by atoms with E-state index in [0.717, 1.165) is 30.4 Å². The molecule has 2 aromatic heterocycles. The van der Waals surface area contributed by atoms with Crippen LogP contribution in [0.3, 0.4) is 0 Å². The fraction of sp³-hybridized carbons (Fsp3) is 0.583. The lowest BCUT2D eigenvalue weighted by Gasteiger charge is -2.04. The third kappa shape index (κ3) is 3.77. The maximum atomic E-state index is 4.07. The molecule has 0 atom stereocenters. The molecule has 5 nitrogen and oxygen atoms in total. The largest absolute Gasteiger partial charge is 0.316 e. The summed E-state index contributed by atoms with van der Waals surface area (Å²) in [6, 6.07) is 2.74. The Kier molecular flexibility index (Phi) is 4.47. The van der Waals surface area contributed by atoms with Crippen molar-refractivity contribution in [1.29, 1.82) is 0 Å². The minimum atomic E-state index is 0.559. The van der Waals surface area contributed by atoms with Gasteiger partial charge in [0.05, 0.1) is 6.04 Å². The maximum absolute atomic E-state index is 4.07. The van der Waals surface area contributed by atoms with E-state index in [9.17, 15) is 0 Å². The van der Waals surface area contributed by atoms with Crippen LogP contribution in [0.4, 0.5) is 0 Å². The second kappa shape index (κ2) is 6.49. The molecule has 2 aromatic rings. The number of nitrogens with zero attached hydrogens (tertiary/aromatic N) is 4. The highest BCUT2D eigenvalue weighted by molar-refractivity contribution is 7.99. The molecule has 2 heterocycles. The van der Waals surface area contributed by atoms with Crippen molar-refractivity contribution in [2.75, 3.05) is 18.8 Å². The Morgan fingerprint density at radius 3 is 3.16 bits per heavy atom. The van der Waals surface area contributed by atoms with Crippen LogP contribution in [0.25, 0.3) is 0 Å². The van der Waals surface area contributed by atoms with Gasteiger partial charge in [-0.1, -0.05) is 11.8 Å². The first-order valence-corrected chi connectivity index (χ1v) is 8.49. The number of hydrogen-bond acceptors (Lipinski definition) is 6. The Labute approximate surface area is 120 Å². The molecule has 1 aliphatic rings. The van der Waals surface area contributed by atoms with Crippen molar-refractivity contribution in [2.45, 2.75) is 30.5 Å². The summed E-state index contributed by atoms with van der Waals surface area (Å²) in [5, 5.41) is 20.6. The van der Waals surface area contributed by atoms with Crippen molar-refractivity contribution in [3.63, 3.8) is 0 Å². The molecular weight excluding hydrogens is 278 g/mol. The van der Waals surface area contributed by atoms with E-state index in [4.69, 9.17) is 0 Å². The van der Waals surface area contributed by atoms with Crippen LogP contribution in [0, 0.1) is 0 Å². The van der Waals surface area contributed by atoms with E-state index >= 15 is 0 Å². The number of rotatable bonds is 8. The predicted molar refractivity (Wildman–Crippen MR) is 77.7 cm³/mol. The molecule has 0 aromatic carbocycles. The molecule has 7 heteroatoms. The fourth-order valence-corrected chi connectivity index (χ4v) is 3.38. The Morgan fingerprint density at radius 2 is 2.37 bits per heavy atom. The molecule has 0 bridgehead atoms. The quantitative estimate of drug-likeness (QED) is 0.596. The summed E-state index contributed by atoms with van der Waals surface area (Å²) in [7, 11) is 0. The molecule has 3 rings (SSSR count). The van der Waals surface area contributed by atoms with Crippen molar-refractivity contribution in [1.82, 2.24) is 25.5 Å². The van der Waals surface area contributed by atoms with E-state index in [-0.39, 0.29) is 0 Å². The number of tetrazole rings is 1. The van der Waals surface area contributed by atoms with Crippen LogP contribution in [-0.4, -0.2) is 39.0 Å². The highest BCUT2D eigenvalue weighted by atomic mass is 32.2. The summed E-state index contributed by atoms with van der Waals surface area (Å²) < 4.78 is 1.97. The van der Waals surface area contributed by atoms with Gasteiger partial charge in [-0.15, -0.1) is 5.10 Å². The Bertz CT molecular complexity index is 492. The molecule has 1 fully saturated rings. The van der Waals surface area contributed by atoms with Gasteiger partial charge in [0, 0.05) is 12.3 Å². The average Bonchev–Trinajstić information content (AvgIpc) is 2.95. The number of nitrogens with one attached hydrogen (secondary N) is 1. The summed E-state index contributed by atoms with van der Waals surface area (Å²) in [5.74, 6) is 1.01. The molecule has 0 spiro atoms. The summed E-state index contributed by atoms with van der Waals surface area (Å²) in [6.07, 6.45) is 3.54. The van der Waals surface area contributed by atoms with Crippen LogP contribution >= 0.6 is 23.1 Å². The second-order valence-electron chi connectivity index (χ2n) is 4.62. The van der Waals surface area contributed by atoms with Gasteiger partial charge in [0.2, 0.25) is 5.16 Å². The van der Waals surface area contributed by atoms with Gasteiger partial charge in [-0.2, -0.15) is 11.3 Å². The van der Waals surface area contributed by atoms with Gasteiger partial charge in [-0.3, -0.25) is 0 Å². The molecule has 0 unspecified atom stereocenters. The van der Waals surface area contributed by atoms with Crippen LogP contribution in [-0.2, 0) is 6.42 Å². The minimum absolute atomic E-state index is 0.559. The molecule has 102 valence electrons.